The van der Waals surface area contributed by atoms with Crippen LogP contribution in [0.15, 0.2) is 18.3 Å². The number of alkyl halides is 3. The lowest BCUT2D eigenvalue weighted by Gasteiger charge is -2.22. The summed E-state index contributed by atoms with van der Waals surface area (Å²) in [6.45, 7) is -2.24. The van der Waals surface area contributed by atoms with Crippen molar-refractivity contribution >= 4 is 11.8 Å². The van der Waals surface area contributed by atoms with Gasteiger partial charge >= 0.3 is 12.1 Å². The Kier molecular flexibility index (Phi) is 4.09. The molecule has 18 heavy (non-hydrogen) atoms. The molecule has 0 radical (unpaired) electrons. The van der Waals surface area contributed by atoms with Crippen molar-refractivity contribution in [1.29, 1.82) is 5.26 Å². The van der Waals surface area contributed by atoms with Crippen molar-refractivity contribution in [2.24, 2.45) is 0 Å². The summed E-state index contributed by atoms with van der Waals surface area (Å²) >= 11 is 0. The number of anilines is 1. The quantitative estimate of drug-likeness (QED) is 0.884. The molecular weight excluding hydrogens is 251 g/mol. The van der Waals surface area contributed by atoms with E-state index in [1.54, 1.807) is 6.07 Å². The van der Waals surface area contributed by atoms with E-state index < -0.39 is 25.2 Å². The van der Waals surface area contributed by atoms with Gasteiger partial charge in [0.25, 0.3) is 0 Å². The molecule has 0 bridgehead atoms. The molecule has 1 rings (SSSR count). The minimum Gasteiger partial charge on any atom is -0.480 e. The summed E-state index contributed by atoms with van der Waals surface area (Å²) in [6.07, 6.45) is -3.45. The van der Waals surface area contributed by atoms with Gasteiger partial charge < -0.3 is 10.0 Å². The summed E-state index contributed by atoms with van der Waals surface area (Å²) in [5.41, 5.74) is 0.182. The predicted molar refractivity (Wildman–Crippen MR) is 54.9 cm³/mol. The van der Waals surface area contributed by atoms with Crippen LogP contribution in [0.5, 0.6) is 0 Å². The average Bonchev–Trinajstić information content (AvgIpc) is 2.26. The zero-order chi connectivity index (χ0) is 13.8. The molecule has 1 heterocycles. The number of halogens is 3. The summed E-state index contributed by atoms with van der Waals surface area (Å²) < 4.78 is 36.8. The molecule has 0 aliphatic rings. The highest BCUT2D eigenvalue weighted by molar-refractivity contribution is 5.73. The SMILES string of the molecule is N#Cc1ccc(N(CC(=O)O)CC(F)(F)F)nc1. The molecule has 1 aromatic heterocycles. The number of aromatic nitrogens is 1. The van der Waals surface area contributed by atoms with Crippen LogP contribution >= 0.6 is 0 Å². The highest BCUT2D eigenvalue weighted by atomic mass is 19.4. The van der Waals surface area contributed by atoms with E-state index in [1.807, 2.05) is 0 Å². The van der Waals surface area contributed by atoms with Crippen molar-refractivity contribution in [1.82, 2.24) is 4.98 Å². The Balaban J connectivity index is 2.94. The summed E-state index contributed by atoms with van der Waals surface area (Å²) in [5.74, 6) is -1.54. The minimum absolute atomic E-state index is 0.145. The van der Waals surface area contributed by atoms with Crippen LogP contribution in [0.1, 0.15) is 5.56 Å². The van der Waals surface area contributed by atoms with E-state index in [-0.39, 0.29) is 11.4 Å². The summed E-state index contributed by atoms with van der Waals surface area (Å²) in [5, 5.41) is 17.1. The van der Waals surface area contributed by atoms with Gasteiger partial charge in [-0.15, -0.1) is 0 Å². The zero-order valence-corrected chi connectivity index (χ0v) is 8.98. The highest BCUT2D eigenvalue weighted by Crippen LogP contribution is 2.20. The van der Waals surface area contributed by atoms with Crippen LogP contribution in [0.25, 0.3) is 0 Å². The van der Waals surface area contributed by atoms with E-state index in [0.29, 0.717) is 4.90 Å². The fourth-order valence-corrected chi connectivity index (χ4v) is 1.24. The zero-order valence-electron chi connectivity index (χ0n) is 8.98. The molecule has 5 nitrogen and oxygen atoms in total. The maximum Gasteiger partial charge on any atom is 0.405 e. The Morgan fingerprint density at radius 1 is 1.50 bits per heavy atom. The predicted octanol–water partition coefficient (Wildman–Crippen LogP) is 1.41. The fraction of sp³-hybridized carbons (Fsp3) is 0.300. The van der Waals surface area contributed by atoms with Crippen molar-refractivity contribution in [3.05, 3.63) is 23.9 Å². The molecule has 0 atom stereocenters. The van der Waals surface area contributed by atoms with E-state index in [9.17, 15) is 18.0 Å². The second kappa shape index (κ2) is 5.35. The van der Waals surface area contributed by atoms with Gasteiger partial charge in [-0.1, -0.05) is 0 Å². The third-order valence-electron chi connectivity index (χ3n) is 1.90. The molecule has 1 aromatic rings. The number of carboxylic acid groups (broad SMARTS) is 1. The standard InChI is InChI=1S/C10H8F3N3O2/c11-10(12,13)6-16(5-9(17)18)8-2-1-7(3-14)4-15-8/h1-2,4H,5-6H2,(H,17,18). The lowest BCUT2D eigenvalue weighted by atomic mass is 10.3. The van der Waals surface area contributed by atoms with E-state index in [4.69, 9.17) is 10.4 Å². The molecule has 0 aromatic carbocycles. The molecule has 0 saturated heterocycles. The first-order valence-corrected chi connectivity index (χ1v) is 4.71. The van der Waals surface area contributed by atoms with Crippen molar-refractivity contribution in [3.63, 3.8) is 0 Å². The largest absolute Gasteiger partial charge is 0.480 e. The molecular formula is C10H8F3N3O2. The number of carboxylic acids is 1. The summed E-state index contributed by atoms with van der Waals surface area (Å²) in [7, 11) is 0. The van der Waals surface area contributed by atoms with Gasteiger partial charge in [-0.25, -0.2) is 4.98 Å². The van der Waals surface area contributed by atoms with E-state index in [2.05, 4.69) is 4.98 Å². The van der Waals surface area contributed by atoms with Crippen LogP contribution in [-0.2, 0) is 4.79 Å². The number of aliphatic carboxylic acids is 1. The van der Waals surface area contributed by atoms with Gasteiger partial charge in [-0.05, 0) is 12.1 Å². The molecule has 0 spiro atoms. The Labute approximate surface area is 100 Å². The monoisotopic (exact) mass is 259 g/mol. The minimum atomic E-state index is -4.54. The number of rotatable bonds is 4. The van der Waals surface area contributed by atoms with Crippen molar-refractivity contribution in [2.75, 3.05) is 18.0 Å². The highest BCUT2D eigenvalue weighted by Gasteiger charge is 2.32. The summed E-state index contributed by atoms with van der Waals surface area (Å²) in [4.78, 5) is 14.7. The Morgan fingerprint density at radius 2 is 2.17 bits per heavy atom. The summed E-state index contributed by atoms with van der Waals surface area (Å²) in [6, 6.07) is 4.21. The number of pyridine rings is 1. The molecule has 96 valence electrons. The molecule has 8 heteroatoms. The van der Waals surface area contributed by atoms with Gasteiger partial charge in [-0.2, -0.15) is 18.4 Å². The smallest absolute Gasteiger partial charge is 0.405 e. The topological polar surface area (TPSA) is 77.2 Å². The van der Waals surface area contributed by atoms with Crippen LogP contribution in [0.3, 0.4) is 0 Å². The molecule has 0 aliphatic carbocycles. The van der Waals surface area contributed by atoms with E-state index >= 15 is 0 Å². The number of hydrogen-bond donors (Lipinski definition) is 1. The second-order valence-corrected chi connectivity index (χ2v) is 3.38. The van der Waals surface area contributed by atoms with Crippen LogP contribution in [-0.4, -0.2) is 35.3 Å². The van der Waals surface area contributed by atoms with Gasteiger partial charge in [0.05, 0.1) is 5.56 Å². The molecule has 0 aliphatic heterocycles. The lowest BCUT2D eigenvalue weighted by Crippen LogP contribution is -2.38. The first-order chi connectivity index (χ1) is 8.31. The first-order valence-electron chi connectivity index (χ1n) is 4.71. The van der Waals surface area contributed by atoms with Crippen LogP contribution in [0, 0.1) is 11.3 Å². The van der Waals surface area contributed by atoms with Gasteiger partial charge in [0.15, 0.2) is 0 Å². The maximum absolute atomic E-state index is 12.3. The molecule has 1 N–H and O–H groups in total. The maximum atomic E-state index is 12.3. The Morgan fingerprint density at radius 3 is 2.56 bits per heavy atom. The fourth-order valence-electron chi connectivity index (χ4n) is 1.24. The Hall–Kier alpha value is -2.30. The van der Waals surface area contributed by atoms with Crippen molar-refractivity contribution < 1.29 is 23.1 Å². The lowest BCUT2D eigenvalue weighted by molar-refractivity contribution is -0.136. The number of hydrogen-bond acceptors (Lipinski definition) is 4. The van der Waals surface area contributed by atoms with Gasteiger partial charge in [0, 0.05) is 6.20 Å². The van der Waals surface area contributed by atoms with Crippen molar-refractivity contribution in [2.45, 2.75) is 6.18 Å². The van der Waals surface area contributed by atoms with Crippen molar-refractivity contribution in [3.8, 4) is 6.07 Å². The third-order valence-corrected chi connectivity index (χ3v) is 1.90. The van der Waals surface area contributed by atoms with Crippen LogP contribution in [0.4, 0.5) is 19.0 Å². The normalized spacial score (nSPS) is 10.8. The number of nitriles is 1. The Bertz CT molecular complexity index is 465. The van der Waals surface area contributed by atoms with E-state index in [0.717, 1.165) is 6.20 Å². The van der Waals surface area contributed by atoms with Crippen LogP contribution in [0.2, 0.25) is 0 Å². The second-order valence-electron chi connectivity index (χ2n) is 3.38. The van der Waals surface area contributed by atoms with Gasteiger partial charge in [0.1, 0.15) is 25.0 Å². The van der Waals surface area contributed by atoms with Crippen LogP contribution < -0.4 is 4.90 Å². The van der Waals surface area contributed by atoms with E-state index in [1.165, 1.54) is 12.1 Å². The number of carbonyl (C=O) groups is 1. The van der Waals surface area contributed by atoms with Gasteiger partial charge in [-0.3, -0.25) is 4.79 Å². The third kappa shape index (κ3) is 4.29. The molecule has 0 fully saturated rings. The number of nitrogens with zero attached hydrogens (tertiary/aromatic N) is 3. The average molecular weight is 259 g/mol. The first kappa shape index (κ1) is 13.8. The molecule has 0 unspecified atom stereocenters. The van der Waals surface area contributed by atoms with Gasteiger partial charge in [0.2, 0.25) is 0 Å². The molecule has 0 saturated carbocycles. The molecule has 0 amide bonds.